The standard InChI is InChI=1S/C7H10F3NO2/c1-4-2-11(3-5(4)12)6(13)7(8,9)10/h4-5,12H,2-3H2,1H3. The van der Waals surface area contributed by atoms with Gasteiger partial charge in [0.1, 0.15) is 0 Å². The van der Waals surface area contributed by atoms with Crippen molar-refractivity contribution in [1.82, 2.24) is 4.90 Å². The summed E-state index contributed by atoms with van der Waals surface area (Å²) in [5, 5.41) is 9.12. The van der Waals surface area contributed by atoms with Gasteiger partial charge in [0, 0.05) is 19.0 Å². The van der Waals surface area contributed by atoms with Gasteiger partial charge in [-0.1, -0.05) is 6.92 Å². The lowest BCUT2D eigenvalue weighted by Crippen LogP contribution is -2.40. The van der Waals surface area contributed by atoms with E-state index in [1.54, 1.807) is 6.92 Å². The first-order chi connectivity index (χ1) is 5.82. The van der Waals surface area contributed by atoms with E-state index >= 15 is 0 Å². The summed E-state index contributed by atoms with van der Waals surface area (Å²) >= 11 is 0. The van der Waals surface area contributed by atoms with Crippen molar-refractivity contribution >= 4 is 5.91 Å². The molecule has 1 aliphatic rings. The summed E-state index contributed by atoms with van der Waals surface area (Å²) in [5.41, 5.74) is 0. The van der Waals surface area contributed by atoms with Crippen molar-refractivity contribution in [1.29, 1.82) is 0 Å². The van der Waals surface area contributed by atoms with E-state index in [-0.39, 0.29) is 19.0 Å². The number of hydrogen-bond donors (Lipinski definition) is 1. The topological polar surface area (TPSA) is 40.5 Å². The Kier molecular flexibility index (Phi) is 2.51. The van der Waals surface area contributed by atoms with Crippen LogP contribution < -0.4 is 0 Å². The Labute approximate surface area is 73.1 Å². The van der Waals surface area contributed by atoms with Gasteiger partial charge in [0.05, 0.1) is 6.10 Å². The van der Waals surface area contributed by atoms with Crippen LogP contribution in [0.1, 0.15) is 6.92 Å². The fourth-order valence-electron chi connectivity index (χ4n) is 1.29. The van der Waals surface area contributed by atoms with Crippen molar-refractivity contribution in [2.75, 3.05) is 13.1 Å². The normalized spacial score (nSPS) is 29.5. The highest BCUT2D eigenvalue weighted by molar-refractivity contribution is 5.82. The van der Waals surface area contributed by atoms with Crippen molar-refractivity contribution in [3.05, 3.63) is 0 Å². The number of likely N-dealkylation sites (tertiary alicyclic amines) is 1. The van der Waals surface area contributed by atoms with Crippen LogP contribution in [0, 0.1) is 5.92 Å². The molecule has 0 aliphatic carbocycles. The fourth-order valence-corrected chi connectivity index (χ4v) is 1.29. The monoisotopic (exact) mass is 197 g/mol. The summed E-state index contributed by atoms with van der Waals surface area (Å²) in [7, 11) is 0. The van der Waals surface area contributed by atoms with E-state index in [0.29, 0.717) is 4.90 Å². The van der Waals surface area contributed by atoms with Crippen molar-refractivity contribution < 1.29 is 23.1 Å². The van der Waals surface area contributed by atoms with E-state index in [2.05, 4.69) is 0 Å². The maximum Gasteiger partial charge on any atom is 0.471 e. The van der Waals surface area contributed by atoms with Gasteiger partial charge in [0.2, 0.25) is 0 Å². The summed E-state index contributed by atoms with van der Waals surface area (Å²) in [5.74, 6) is -2.15. The van der Waals surface area contributed by atoms with Gasteiger partial charge in [-0.05, 0) is 0 Å². The minimum Gasteiger partial charge on any atom is -0.391 e. The summed E-state index contributed by atoms with van der Waals surface area (Å²) in [6.45, 7) is 1.35. The molecule has 1 aliphatic heterocycles. The van der Waals surface area contributed by atoms with Crippen molar-refractivity contribution in [3.63, 3.8) is 0 Å². The molecule has 1 heterocycles. The highest BCUT2D eigenvalue weighted by Crippen LogP contribution is 2.23. The highest BCUT2D eigenvalue weighted by Gasteiger charge is 2.45. The zero-order chi connectivity index (χ0) is 10.2. The van der Waals surface area contributed by atoms with Gasteiger partial charge in [-0.2, -0.15) is 13.2 Å². The Morgan fingerprint density at radius 1 is 1.46 bits per heavy atom. The van der Waals surface area contributed by atoms with E-state index in [1.807, 2.05) is 0 Å². The maximum absolute atomic E-state index is 11.9. The molecule has 0 radical (unpaired) electrons. The third kappa shape index (κ3) is 2.12. The first-order valence-corrected chi connectivity index (χ1v) is 3.86. The second-order valence-corrected chi connectivity index (χ2v) is 3.25. The zero-order valence-corrected chi connectivity index (χ0v) is 7.01. The molecule has 2 atom stereocenters. The van der Waals surface area contributed by atoms with Crippen LogP contribution in [0.2, 0.25) is 0 Å². The number of β-amino-alcohol motifs (C(OH)–C–C–N with tert-alkyl or cyclic N) is 1. The second-order valence-electron chi connectivity index (χ2n) is 3.25. The minimum atomic E-state index is -4.83. The van der Waals surface area contributed by atoms with Crippen LogP contribution in [0.5, 0.6) is 0 Å². The number of aliphatic hydroxyl groups is 1. The first-order valence-electron chi connectivity index (χ1n) is 3.86. The van der Waals surface area contributed by atoms with E-state index in [0.717, 1.165) is 0 Å². The molecule has 2 unspecified atom stereocenters. The summed E-state index contributed by atoms with van der Waals surface area (Å²) < 4.78 is 35.6. The predicted octanol–water partition coefficient (Wildman–Crippen LogP) is 0.388. The molecule has 76 valence electrons. The van der Waals surface area contributed by atoms with E-state index in [9.17, 15) is 18.0 Å². The van der Waals surface area contributed by atoms with Crippen molar-refractivity contribution in [3.8, 4) is 0 Å². The van der Waals surface area contributed by atoms with Crippen LogP contribution in [-0.2, 0) is 4.79 Å². The largest absolute Gasteiger partial charge is 0.471 e. The van der Waals surface area contributed by atoms with E-state index < -0.39 is 18.2 Å². The number of carbonyl (C=O) groups excluding carboxylic acids is 1. The van der Waals surface area contributed by atoms with Gasteiger partial charge >= 0.3 is 12.1 Å². The van der Waals surface area contributed by atoms with Crippen molar-refractivity contribution in [2.24, 2.45) is 5.92 Å². The third-order valence-electron chi connectivity index (χ3n) is 2.10. The average molecular weight is 197 g/mol. The Balaban J connectivity index is 2.61. The van der Waals surface area contributed by atoms with Crippen molar-refractivity contribution in [2.45, 2.75) is 19.2 Å². The number of alkyl halides is 3. The number of hydrogen-bond acceptors (Lipinski definition) is 2. The van der Waals surface area contributed by atoms with Crippen LogP contribution in [0.25, 0.3) is 0 Å². The minimum absolute atomic E-state index is 0.0283. The van der Waals surface area contributed by atoms with Crippen LogP contribution in [-0.4, -0.2) is 41.3 Å². The molecule has 1 N–H and O–H groups in total. The molecule has 0 aromatic heterocycles. The second kappa shape index (κ2) is 3.17. The van der Waals surface area contributed by atoms with Gasteiger partial charge < -0.3 is 10.0 Å². The molecule has 1 saturated heterocycles. The molecule has 0 saturated carbocycles. The third-order valence-corrected chi connectivity index (χ3v) is 2.10. The molecule has 3 nitrogen and oxygen atoms in total. The molecule has 6 heteroatoms. The Morgan fingerprint density at radius 3 is 2.31 bits per heavy atom. The zero-order valence-electron chi connectivity index (χ0n) is 7.01. The molecule has 1 fully saturated rings. The quantitative estimate of drug-likeness (QED) is 0.610. The maximum atomic E-state index is 11.9. The fraction of sp³-hybridized carbons (Fsp3) is 0.857. The SMILES string of the molecule is CC1CN(C(=O)C(F)(F)F)CC1O. The predicted molar refractivity (Wildman–Crippen MR) is 37.8 cm³/mol. The summed E-state index contributed by atoms with van der Waals surface area (Å²) in [6.07, 6.45) is -5.67. The Bertz CT molecular complexity index is 206. The molecule has 0 spiro atoms. The van der Waals surface area contributed by atoms with Crippen LogP contribution >= 0.6 is 0 Å². The molecule has 13 heavy (non-hydrogen) atoms. The van der Waals surface area contributed by atoms with Gasteiger partial charge in [-0.3, -0.25) is 4.79 Å². The number of rotatable bonds is 0. The van der Waals surface area contributed by atoms with Crippen LogP contribution in [0.3, 0.4) is 0 Å². The number of aliphatic hydroxyl groups excluding tert-OH is 1. The average Bonchev–Trinajstić information content (AvgIpc) is 2.29. The lowest BCUT2D eigenvalue weighted by molar-refractivity contribution is -0.184. The van der Waals surface area contributed by atoms with Crippen LogP contribution in [0.15, 0.2) is 0 Å². The molecular formula is C7H10F3NO2. The summed E-state index contributed by atoms with van der Waals surface area (Å²) in [6, 6.07) is 0. The smallest absolute Gasteiger partial charge is 0.391 e. The van der Waals surface area contributed by atoms with Gasteiger partial charge in [-0.25, -0.2) is 0 Å². The molecule has 1 rings (SSSR count). The molecular weight excluding hydrogens is 187 g/mol. The number of carbonyl (C=O) groups is 1. The van der Waals surface area contributed by atoms with E-state index in [1.165, 1.54) is 0 Å². The number of halogens is 3. The lowest BCUT2D eigenvalue weighted by atomic mass is 10.1. The first kappa shape index (κ1) is 10.3. The number of nitrogens with zero attached hydrogens (tertiary/aromatic N) is 1. The summed E-state index contributed by atoms with van der Waals surface area (Å²) in [4.78, 5) is 11.3. The Morgan fingerprint density at radius 2 is 2.00 bits per heavy atom. The van der Waals surface area contributed by atoms with Gasteiger partial charge in [0.25, 0.3) is 0 Å². The van der Waals surface area contributed by atoms with Crippen LogP contribution in [0.4, 0.5) is 13.2 Å². The Hall–Kier alpha value is -0.780. The molecule has 0 aromatic carbocycles. The van der Waals surface area contributed by atoms with E-state index in [4.69, 9.17) is 5.11 Å². The molecule has 1 amide bonds. The van der Waals surface area contributed by atoms with Gasteiger partial charge in [0.15, 0.2) is 0 Å². The number of amides is 1. The molecule has 0 bridgehead atoms. The molecule has 0 aromatic rings. The van der Waals surface area contributed by atoms with Gasteiger partial charge in [-0.15, -0.1) is 0 Å². The highest BCUT2D eigenvalue weighted by atomic mass is 19.4. The lowest BCUT2D eigenvalue weighted by Gasteiger charge is -2.16.